The SMILES string of the molecule is CCn1nc(C)c(-c2cc(C(=O)N[C@H]3CCc4cc(OC)c(OC)cc43)[nH]n2)c1C. The van der Waals surface area contributed by atoms with Crippen LogP contribution < -0.4 is 14.8 Å². The molecule has 8 heteroatoms. The molecule has 0 saturated carbocycles. The largest absolute Gasteiger partial charge is 0.493 e. The number of benzene rings is 1. The van der Waals surface area contributed by atoms with Gasteiger partial charge in [-0.05, 0) is 62.9 Å². The number of methoxy groups -OCH3 is 2. The third-order valence-electron chi connectivity index (χ3n) is 5.79. The summed E-state index contributed by atoms with van der Waals surface area (Å²) in [5.41, 5.74) is 6.31. The molecule has 30 heavy (non-hydrogen) atoms. The maximum Gasteiger partial charge on any atom is 0.269 e. The number of carbonyl (C=O) groups excluding carboxylic acids is 1. The van der Waals surface area contributed by atoms with E-state index < -0.39 is 0 Å². The van der Waals surface area contributed by atoms with Crippen LogP contribution in [0.2, 0.25) is 0 Å². The normalized spacial score (nSPS) is 15.2. The van der Waals surface area contributed by atoms with Crippen LogP contribution in [0.3, 0.4) is 0 Å². The fraction of sp³-hybridized carbons (Fsp3) is 0.409. The predicted octanol–water partition coefficient (Wildman–Crippen LogP) is 3.34. The third kappa shape index (κ3) is 3.32. The maximum absolute atomic E-state index is 12.9. The zero-order chi connectivity index (χ0) is 21.4. The van der Waals surface area contributed by atoms with Gasteiger partial charge in [-0.15, -0.1) is 0 Å². The van der Waals surface area contributed by atoms with Crippen molar-refractivity contribution in [2.45, 2.75) is 46.2 Å². The van der Waals surface area contributed by atoms with Crippen LogP contribution in [-0.4, -0.2) is 40.1 Å². The number of nitrogens with zero attached hydrogens (tertiary/aromatic N) is 3. The zero-order valence-corrected chi connectivity index (χ0v) is 18.0. The average Bonchev–Trinajstić information content (AvgIpc) is 3.44. The van der Waals surface area contributed by atoms with Gasteiger partial charge in [0.2, 0.25) is 0 Å². The Morgan fingerprint density at radius 2 is 1.97 bits per heavy atom. The first kappa shape index (κ1) is 20.0. The van der Waals surface area contributed by atoms with Crippen LogP contribution in [0.1, 0.15) is 52.4 Å². The fourth-order valence-electron chi connectivity index (χ4n) is 4.26. The van der Waals surface area contributed by atoms with Crippen LogP contribution in [0, 0.1) is 13.8 Å². The molecular formula is C22H27N5O3. The molecule has 2 aromatic heterocycles. The zero-order valence-electron chi connectivity index (χ0n) is 18.0. The first-order valence-corrected chi connectivity index (χ1v) is 10.1. The minimum atomic E-state index is -0.181. The molecule has 3 aromatic rings. The molecule has 0 fully saturated rings. The van der Waals surface area contributed by atoms with Gasteiger partial charge in [-0.25, -0.2) is 0 Å². The second-order valence-electron chi connectivity index (χ2n) is 7.50. The van der Waals surface area contributed by atoms with Gasteiger partial charge in [0, 0.05) is 17.8 Å². The van der Waals surface area contributed by atoms with Crippen molar-refractivity contribution >= 4 is 5.91 Å². The Hall–Kier alpha value is -3.29. The number of H-pyrrole nitrogens is 1. The number of rotatable bonds is 6. The molecule has 0 aliphatic heterocycles. The number of amides is 1. The summed E-state index contributed by atoms with van der Waals surface area (Å²) in [7, 11) is 3.24. The van der Waals surface area contributed by atoms with Gasteiger partial charge in [-0.3, -0.25) is 14.6 Å². The lowest BCUT2D eigenvalue weighted by atomic mass is 10.1. The number of carbonyl (C=O) groups is 1. The van der Waals surface area contributed by atoms with E-state index in [2.05, 4.69) is 27.5 Å². The van der Waals surface area contributed by atoms with Crippen molar-refractivity contribution in [1.82, 2.24) is 25.3 Å². The molecule has 1 aliphatic carbocycles. The Labute approximate surface area is 175 Å². The molecule has 0 bridgehead atoms. The number of aryl methyl sites for hydroxylation is 3. The standard InChI is InChI=1S/C22H27N5O3/c1-6-27-13(3)21(12(2)26-27)17-11-18(25-24-17)22(28)23-16-8-7-14-9-19(29-4)20(30-5)10-15(14)16/h9-11,16H,6-8H2,1-5H3,(H,23,28)(H,24,25)/t16-/m0/s1. The van der Waals surface area contributed by atoms with Gasteiger partial charge in [0.25, 0.3) is 5.91 Å². The molecular weight excluding hydrogens is 382 g/mol. The summed E-state index contributed by atoms with van der Waals surface area (Å²) >= 11 is 0. The topological polar surface area (TPSA) is 94.1 Å². The summed E-state index contributed by atoms with van der Waals surface area (Å²) in [6.07, 6.45) is 1.71. The molecule has 0 spiro atoms. The molecule has 0 radical (unpaired) electrons. The molecule has 158 valence electrons. The second kappa shape index (κ2) is 7.85. The van der Waals surface area contributed by atoms with Crippen molar-refractivity contribution in [1.29, 1.82) is 0 Å². The van der Waals surface area contributed by atoms with Crippen molar-refractivity contribution in [2.24, 2.45) is 0 Å². The highest BCUT2D eigenvalue weighted by Gasteiger charge is 2.27. The van der Waals surface area contributed by atoms with E-state index in [9.17, 15) is 4.79 Å². The third-order valence-corrected chi connectivity index (χ3v) is 5.79. The van der Waals surface area contributed by atoms with Crippen LogP contribution in [0.4, 0.5) is 0 Å². The van der Waals surface area contributed by atoms with E-state index in [4.69, 9.17) is 9.47 Å². The molecule has 0 unspecified atom stereocenters. The van der Waals surface area contributed by atoms with Crippen molar-refractivity contribution in [3.05, 3.63) is 46.4 Å². The van der Waals surface area contributed by atoms with E-state index >= 15 is 0 Å². The summed E-state index contributed by atoms with van der Waals surface area (Å²) < 4.78 is 12.8. The van der Waals surface area contributed by atoms with E-state index in [0.717, 1.165) is 47.6 Å². The van der Waals surface area contributed by atoms with Crippen LogP contribution in [0.15, 0.2) is 18.2 Å². The lowest BCUT2D eigenvalue weighted by Crippen LogP contribution is -2.27. The fourth-order valence-corrected chi connectivity index (χ4v) is 4.26. The number of hydrogen-bond donors (Lipinski definition) is 2. The van der Waals surface area contributed by atoms with E-state index in [0.29, 0.717) is 17.2 Å². The lowest BCUT2D eigenvalue weighted by Gasteiger charge is -2.15. The Balaban J connectivity index is 1.55. The number of aromatic nitrogens is 4. The van der Waals surface area contributed by atoms with E-state index in [1.807, 2.05) is 30.7 Å². The molecule has 1 aliphatic rings. The summed E-state index contributed by atoms with van der Waals surface area (Å²) in [5.74, 6) is 1.19. The predicted molar refractivity (Wildman–Crippen MR) is 113 cm³/mol. The number of fused-ring (bicyclic) bond motifs is 1. The Morgan fingerprint density at radius 1 is 1.23 bits per heavy atom. The molecule has 1 amide bonds. The van der Waals surface area contributed by atoms with Gasteiger partial charge in [0.05, 0.1) is 31.6 Å². The molecule has 2 heterocycles. The summed E-state index contributed by atoms with van der Waals surface area (Å²) in [6, 6.07) is 5.66. The first-order chi connectivity index (χ1) is 14.5. The minimum absolute atomic E-state index is 0.0784. The molecule has 1 aromatic carbocycles. The lowest BCUT2D eigenvalue weighted by molar-refractivity contribution is 0.0931. The summed E-state index contributed by atoms with van der Waals surface area (Å²) in [4.78, 5) is 12.9. The molecule has 2 N–H and O–H groups in total. The van der Waals surface area contributed by atoms with Crippen molar-refractivity contribution in [2.75, 3.05) is 14.2 Å². The van der Waals surface area contributed by atoms with Gasteiger partial charge >= 0.3 is 0 Å². The maximum atomic E-state index is 12.9. The first-order valence-electron chi connectivity index (χ1n) is 10.1. The van der Waals surface area contributed by atoms with Crippen LogP contribution in [-0.2, 0) is 13.0 Å². The minimum Gasteiger partial charge on any atom is -0.493 e. The number of aromatic amines is 1. The van der Waals surface area contributed by atoms with Gasteiger partial charge in [-0.1, -0.05) is 0 Å². The van der Waals surface area contributed by atoms with Gasteiger partial charge in [0.15, 0.2) is 11.5 Å². The van der Waals surface area contributed by atoms with Crippen molar-refractivity contribution in [3.8, 4) is 22.8 Å². The van der Waals surface area contributed by atoms with Gasteiger partial charge < -0.3 is 14.8 Å². The average molecular weight is 409 g/mol. The number of nitrogens with one attached hydrogen (secondary N) is 2. The number of ether oxygens (including phenoxy) is 2. The monoisotopic (exact) mass is 409 g/mol. The smallest absolute Gasteiger partial charge is 0.269 e. The van der Waals surface area contributed by atoms with Crippen LogP contribution >= 0.6 is 0 Å². The highest BCUT2D eigenvalue weighted by Crippen LogP contribution is 2.39. The van der Waals surface area contributed by atoms with Crippen molar-refractivity contribution in [3.63, 3.8) is 0 Å². The Bertz CT molecular complexity index is 1100. The highest BCUT2D eigenvalue weighted by molar-refractivity contribution is 5.93. The van der Waals surface area contributed by atoms with Crippen molar-refractivity contribution < 1.29 is 14.3 Å². The van der Waals surface area contributed by atoms with Gasteiger partial charge in [-0.2, -0.15) is 10.2 Å². The molecule has 1 atom stereocenters. The summed E-state index contributed by atoms with van der Waals surface area (Å²) in [5, 5.41) is 14.9. The Morgan fingerprint density at radius 3 is 2.63 bits per heavy atom. The molecule has 4 rings (SSSR count). The van der Waals surface area contributed by atoms with Gasteiger partial charge in [0.1, 0.15) is 5.69 Å². The molecule has 0 saturated heterocycles. The molecule has 8 nitrogen and oxygen atoms in total. The number of hydrogen-bond acceptors (Lipinski definition) is 5. The Kier molecular flexibility index (Phi) is 5.24. The van der Waals surface area contributed by atoms with E-state index in [1.54, 1.807) is 20.3 Å². The highest BCUT2D eigenvalue weighted by atomic mass is 16.5. The quantitative estimate of drug-likeness (QED) is 0.651. The van der Waals surface area contributed by atoms with Crippen LogP contribution in [0.25, 0.3) is 11.3 Å². The van der Waals surface area contributed by atoms with E-state index in [1.165, 1.54) is 5.56 Å². The van der Waals surface area contributed by atoms with Crippen LogP contribution in [0.5, 0.6) is 11.5 Å². The summed E-state index contributed by atoms with van der Waals surface area (Å²) in [6.45, 7) is 6.82. The second-order valence-corrected chi connectivity index (χ2v) is 7.50. The van der Waals surface area contributed by atoms with E-state index in [-0.39, 0.29) is 11.9 Å².